The van der Waals surface area contributed by atoms with Gasteiger partial charge >= 0.3 is 0 Å². The summed E-state index contributed by atoms with van der Waals surface area (Å²) in [4.78, 5) is 14.3. The minimum absolute atomic E-state index is 0.0565. The number of carbonyl (C=O) groups excluding carboxylic acids is 1. The Hall–Kier alpha value is -2.99. The van der Waals surface area contributed by atoms with Crippen LogP contribution in [0.2, 0.25) is 0 Å². The molecule has 2 saturated carbocycles. The Labute approximate surface area is 214 Å². The quantitative estimate of drug-likeness (QED) is 0.513. The largest absolute Gasteiger partial charge is 0.497 e. The van der Waals surface area contributed by atoms with Gasteiger partial charge in [-0.1, -0.05) is 26.3 Å². The number of fused-ring (bicyclic) bond motifs is 1. The van der Waals surface area contributed by atoms with Crippen molar-refractivity contribution >= 4 is 11.9 Å². The number of ether oxygens (including phenoxy) is 4. The number of ketones is 1. The molecule has 2 fully saturated rings. The third-order valence-corrected chi connectivity index (χ3v) is 8.41. The highest BCUT2D eigenvalue weighted by Crippen LogP contribution is 2.59. The van der Waals surface area contributed by atoms with Gasteiger partial charge in [-0.2, -0.15) is 0 Å². The van der Waals surface area contributed by atoms with Gasteiger partial charge in [0.15, 0.2) is 17.3 Å². The normalized spacial score (nSPS) is 29.0. The van der Waals surface area contributed by atoms with Gasteiger partial charge < -0.3 is 24.1 Å². The van der Waals surface area contributed by atoms with Crippen LogP contribution in [0.5, 0.6) is 23.0 Å². The molecule has 0 heterocycles. The molecule has 0 aromatic heterocycles. The predicted molar refractivity (Wildman–Crippen MR) is 140 cm³/mol. The molecule has 6 nitrogen and oxygen atoms in total. The minimum Gasteiger partial charge on any atom is -0.497 e. The average molecular weight is 495 g/mol. The van der Waals surface area contributed by atoms with Crippen LogP contribution in [-0.4, -0.2) is 45.4 Å². The van der Waals surface area contributed by atoms with Crippen LogP contribution in [0.15, 0.2) is 42.0 Å². The second kappa shape index (κ2) is 10.2. The van der Waals surface area contributed by atoms with E-state index in [2.05, 4.69) is 13.8 Å². The monoisotopic (exact) mass is 494 g/mol. The van der Waals surface area contributed by atoms with E-state index in [0.29, 0.717) is 35.8 Å². The first-order chi connectivity index (χ1) is 17.2. The Morgan fingerprint density at radius 2 is 1.58 bits per heavy atom. The summed E-state index contributed by atoms with van der Waals surface area (Å²) in [7, 11) is 6.46. The van der Waals surface area contributed by atoms with Crippen molar-refractivity contribution in [3.05, 3.63) is 53.1 Å². The molecule has 0 saturated heterocycles. The van der Waals surface area contributed by atoms with Crippen LogP contribution in [0, 0.1) is 16.7 Å². The fourth-order valence-corrected chi connectivity index (χ4v) is 6.57. The van der Waals surface area contributed by atoms with E-state index in [-0.39, 0.29) is 11.7 Å². The molecule has 2 aliphatic carbocycles. The van der Waals surface area contributed by atoms with Crippen LogP contribution in [0.1, 0.15) is 50.7 Å². The zero-order valence-corrected chi connectivity index (χ0v) is 22.2. The van der Waals surface area contributed by atoms with Crippen molar-refractivity contribution in [3.63, 3.8) is 0 Å². The number of hydrogen-bond acceptors (Lipinski definition) is 6. The van der Waals surface area contributed by atoms with Crippen molar-refractivity contribution < 1.29 is 28.8 Å². The van der Waals surface area contributed by atoms with E-state index in [4.69, 9.17) is 18.9 Å². The molecule has 4 atom stereocenters. The highest BCUT2D eigenvalue weighted by Gasteiger charge is 2.58. The number of allylic oxidation sites excluding steroid dienone is 1. The molecule has 4 rings (SSSR count). The lowest BCUT2D eigenvalue weighted by atomic mass is 9.47. The van der Waals surface area contributed by atoms with Crippen molar-refractivity contribution in [3.8, 4) is 23.0 Å². The first-order valence-corrected chi connectivity index (χ1v) is 12.6. The van der Waals surface area contributed by atoms with Gasteiger partial charge in [0, 0.05) is 16.9 Å². The number of aliphatic hydroxyl groups excluding tert-OH is 1. The second-order valence-electron chi connectivity index (χ2n) is 10.6. The van der Waals surface area contributed by atoms with Crippen LogP contribution in [0.4, 0.5) is 0 Å². The summed E-state index contributed by atoms with van der Waals surface area (Å²) in [5.41, 5.74) is 1.50. The summed E-state index contributed by atoms with van der Waals surface area (Å²) in [5.74, 6) is 2.84. The van der Waals surface area contributed by atoms with Gasteiger partial charge in [0.2, 0.25) is 0 Å². The molecular formula is C30H38O6. The summed E-state index contributed by atoms with van der Waals surface area (Å²) < 4.78 is 21.8. The molecule has 0 spiro atoms. The van der Waals surface area contributed by atoms with E-state index in [1.165, 1.54) is 0 Å². The van der Waals surface area contributed by atoms with Gasteiger partial charge in [-0.05, 0) is 78.6 Å². The molecule has 0 radical (unpaired) electrons. The van der Waals surface area contributed by atoms with Crippen LogP contribution >= 0.6 is 0 Å². The lowest BCUT2D eigenvalue weighted by Crippen LogP contribution is -2.57. The van der Waals surface area contributed by atoms with E-state index < -0.39 is 16.9 Å². The van der Waals surface area contributed by atoms with E-state index in [1.54, 1.807) is 28.4 Å². The fourth-order valence-electron chi connectivity index (χ4n) is 6.57. The summed E-state index contributed by atoms with van der Waals surface area (Å²) in [5, 5.41) is 11.2. The van der Waals surface area contributed by atoms with Gasteiger partial charge in [0.1, 0.15) is 11.5 Å². The average Bonchev–Trinajstić information content (AvgIpc) is 2.88. The second-order valence-corrected chi connectivity index (χ2v) is 10.6. The molecular weight excluding hydrogens is 456 g/mol. The van der Waals surface area contributed by atoms with Crippen LogP contribution in [-0.2, 0) is 11.2 Å². The third-order valence-electron chi connectivity index (χ3n) is 8.41. The van der Waals surface area contributed by atoms with Gasteiger partial charge in [-0.25, -0.2) is 0 Å². The number of aliphatic hydroxyl groups is 1. The highest BCUT2D eigenvalue weighted by molar-refractivity contribution is 6.04. The molecule has 2 aromatic carbocycles. The van der Waals surface area contributed by atoms with Crippen molar-refractivity contribution in [1.29, 1.82) is 0 Å². The molecule has 36 heavy (non-hydrogen) atoms. The number of hydrogen-bond donors (Lipinski definition) is 1. The third kappa shape index (κ3) is 4.59. The van der Waals surface area contributed by atoms with E-state index in [1.807, 2.05) is 42.5 Å². The van der Waals surface area contributed by atoms with Crippen LogP contribution in [0.3, 0.4) is 0 Å². The number of Topliss-reactive ketones (excluding diaryl/α,β-unsaturated/α-hetero) is 1. The maximum atomic E-state index is 14.3. The molecule has 6 heteroatoms. The zero-order chi connectivity index (χ0) is 26.1. The van der Waals surface area contributed by atoms with Crippen molar-refractivity contribution in [2.24, 2.45) is 16.7 Å². The topological polar surface area (TPSA) is 74.2 Å². The van der Waals surface area contributed by atoms with Crippen LogP contribution < -0.4 is 18.9 Å². The molecule has 2 aromatic rings. The summed E-state index contributed by atoms with van der Waals surface area (Å²) >= 11 is 0. The van der Waals surface area contributed by atoms with Gasteiger partial charge in [0.25, 0.3) is 0 Å². The van der Waals surface area contributed by atoms with Gasteiger partial charge in [-0.3, -0.25) is 4.79 Å². The molecule has 2 unspecified atom stereocenters. The van der Waals surface area contributed by atoms with Crippen molar-refractivity contribution in [1.82, 2.24) is 0 Å². The molecule has 1 N–H and O–H groups in total. The van der Waals surface area contributed by atoms with Crippen molar-refractivity contribution in [2.45, 2.75) is 52.1 Å². The van der Waals surface area contributed by atoms with E-state index in [0.717, 1.165) is 36.0 Å². The number of methoxy groups -OCH3 is 4. The lowest BCUT2D eigenvalue weighted by Gasteiger charge is -2.56. The molecule has 194 valence electrons. The summed E-state index contributed by atoms with van der Waals surface area (Å²) in [6, 6.07) is 11.5. The first-order valence-electron chi connectivity index (χ1n) is 12.6. The maximum Gasteiger partial charge on any atom is 0.165 e. The molecule has 0 bridgehead atoms. The Kier molecular flexibility index (Phi) is 7.37. The molecule has 0 aliphatic heterocycles. The van der Waals surface area contributed by atoms with Gasteiger partial charge in [-0.15, -0.1) is 0 Å². The van der Waals surface area contributed by atoms with E-state index in [9.17, 15) is 9.90 Å². The molecule has 0 amide bonds. The Morgan fingerprint density at radius 1 is 0.917 bits per heavy atom. The highest BCUT2D eigenvalue weighted by atomic mass is 16.5. The predicted octanol–water partition coefficient (Wildman–Crippen LogP) is 5.49. The smallest absolute Gasteiger partial charge is 0.165 e. The van der Waals surface area contributed by atoms with Crippen LogP contribution in [0.25, 0.3) is 6.08 Å². The first kappa shape index (κ1) is 26.1. The summed E-state index contributed by atoms with van der Waals surface area (Å²) in [6.45, 7) is 4.23. The van der Waals surface area contributed by atoms with Crippen molar-refractivity contribution in [2.75, 3.05) is 28.4 Å². The maximum absolute atomic E-state index is 14.3. The van der Waals surface area contributed by atoms with Gasteiger partial charge in [0.05, 0.1) is 34.5 Å². The standard InChI is InChI=1S/C30H38O6/c1-29-18-21(12-19-10-11-24(35-5)25(15-19)36-6)28(32)30(2,26(29)8-7-9-27(29)31)17-20-13-22(33-3)16-23(14-20)34-4/h10-16,26-27,31H,7-9,17-18H2,1-6H3/b21-12-/t26?,27-,29-,30?/m0/s1. The SMILES string of the molecule is COc1cc(CC2(C)C(=O)/C(=C\c3ccc(OC)c(OC)c3)C[C@@]3(C)C2CCC[C@@H]3O)cc(OC)c1. The number of rotatable bonds is 7. The fraction of sp³-hybridized carbons (Fsp3) is 0.500. The Morgan fingerprint density at radius 3 is 2.19 bits per heavy atom. The number of benzene rings is 2. The van der Waals surface area contributed by atoms with E-state index >= 15 is 0 Å². The summed E-state index contributed by atoms with van der Waals surface area (Å²) in [6.07, 6.45) is 5.17. The Bertz CT molecular complexity index is 1130. The number of carbonyl (C=O) groups is 1. The Balaban J connectivity index is 1.80. The molecule has 2 aliphatic rings. The minimum atomic E-state index is -0.686. The lowest BCUT2D eigenvalue weighted by molar-refractivity contribution is -0.148. The zero-order valence-electron chi connectivity index (χ0n) is 22.2.